The van der Waals surface area contributed by atoms with Gasteiger partial charge in [-0.25, -0.2) is 4.98 Å². The van der Waals surface area contributed by atoms with Crippen LogP contribution in [0.4, 0.5) is 5.13 Å². The third-order valence-corrected chi connectivity index (χ3v) is 7.74. The molecule has 1 amide bonds. The fourth-order valence-corrected chi connectivity index (χ4v) is 5.42. The van der Waals surface area contributed by atoms with E-state index in [1.165, 1.54) is 45.8 Å². The van der Waals surface area contributed by atoms with E-state index < -0.39 is 10.2 Å². The van der Waals surface area contributed by atoms with Crippen molar-refractivity contribution in [1.82, 2.24) is 13.6 Å². The van der Waals surface area contributed by atoms with Gasteiger partial charge in [-0.05, 0) is 18.4 Å². The van der Waals surface area contributed by atoms with E-state index in [0.29, 0.717) is 23.7 Å². The molecular formula is C16H20N4O3S3. The predicted molar refractivity (Wildman–Crippen MR) is 105 cm³/mol. The Morgan fingerprint density at radius 2 is 2.08 bits per heavy atom. The first-order valence-corrected chi connectivity index (χ1v) is 11.4. The number of anilines is 1. The van der Waals surface area contributed by atoms with E-state index in [-0.39, 0.29) is 12.5 Å². The first kappa shape index (κ1) is 19.3. The number of aromatic nitrogens is 1. The summed E-state index contributed by atoms with van der Waals surface area (Å²) in [6.07, 6.45) is 2.46. The van der Waals surface area contributed by atoms with E-state index in [9.17, 15) is 13.2 Å². The Kier molecular flexibility index (Phi) is 5.68. The minimum Gasteiger partial charge on any atom is -0.298 e. The van der Waals surface area contributed by atoms with Crippen LogP contribution in [0.3, 0.4) is 0 Å². The van der Waals surface area contributed by atoms with E-state index >= 15 is 0 Å². The number of amides is 1. The van der Waals surface area contributed by atoms with Crippen molar-refractivity contribution in [3.63, 3.8) is 0 Å². The molecule has 1 aromatic carbocycles. The lowest BCUT2D eigenvalue weighted by atomic mass is 10.2. The Morgan fingerprint density at radius 3 is 2.77 bits per heavy atom. The molecular weight excluding hydrogens is 392 g/mol. The molecule has 1 aromatic heterocycles. The first-order chi connectivity index (χ1) is 12.3. The number of nitrogens with one attached hydrogen (secondary N) is 1. The molecule has 1 N–H and O–H groups in total. The summed E-state index contributed by atoms with van der Waals surface area (Å²) in [4.78, 5) is 18.8. The van der Waals surface area contributed by atoms with Crippen LogP contribution in [0.15, 0.2) is 29.2 Å². The highest BCUT2D eigenvalue weighted by Gasteiger charge is 2.30. The predicted octanol–water partition coefficient (Wildman–Crippen LogP) is 2.28. The smallest absolute Gasteiger partial charge is 0.281 e. The molecule has 140 valence electrons. The zero-order valence-corrected chi connectivity index (χ0v) is 17.2. The maximum atomic E-state index is 12.5. The zero-order valence-electron chi connectivity index (χ0n) is 14.7. The van der Waals surface area contributed by atoms with Crippen LogP contribution < -0.4 is 5.32 Å². The minimum absolute atomic E-state index is 0.209. The van der Waals surface area contributed by atoms with Gasteiger partial charge in [-0.3, -0.25) is 10.1 Å². The highest BCUT2D eigenvalue weighted by atomic mass is 32.2. The van der Waals surface area contributed by atoms with Gasteiger partial charge in [0.2, 0.25) is 0 Å². The third kappa shape index (κ3) is 3.79. The van der Waals surface area contributed by atoms with Gasteiger partial charge in [-0.15, -0.1) is 23.1 Å². The van der Waals surface area contributed by atoms with E-state index in [4.69, 9.17) is 0 Å². The number of benzene rings is 1. The number of carbonyl (C=O) groups is 1. The summed E-state index contributed by atoms with van der Waals surface area (Å²) in [5.41, 5.74) is 1.46. The average molecular weight is 413 g/mol. The molecule has 0 aliphatic carbocycles. The Balaban J connectivity index is 1.77. The largest absolute Gasteiger partial charge is 0.298 e. The van der Waals surface area contributed by atoms with Crippen molar-refractivity contribution in [3.05, 3.63) is 40.4 Å². The van der Waals surface area contributed by atoms with Crippen molar-refractivity contribution in [2.75, 3.05) is 32.2 Å². The van der Waals surface area contributed by atoms with Gasteiger partial charge < -0.3 is 0 Å². The van der Waals surface area contributed by atoms with Crippen LogP contribution in [-0.2, 0) is 23.2 Å². The molecule has 7 nitrogen and oxygen atoms in total. The molecule has 3 rings (SSSR count). The number of fused-ring (bicyclic) bond motifs is 1. The molecule has 2 heterocycles. The van der Waals surface area contributed by atoms with E-state index in [1.54, 1.807) is 6.07 Å². The van der Waals surface area contributed by atoms with Crippen LogP contribution in [0.5, 0.6) is 0 Å². The fourth-order valence-electron chi connectivity index (χ4n) is 2.65. The SMILES string of the molecule is CSc1ccccc1C(=O)Nc1nc2c(s1)CN(S(=O)(=O)N(C)C)CC2. The molecule has 0 unspecified atom stereocenters. The van der Waals surface area contributed by atoms with Gasteiger partial charge in [0.25, 0.3) is 16.1 Å². The van der Waals surface area contributed by atoms with Gasteiger partial charge >= 0.3 is 0 Å². The number of rotatable bonds is 5. The van der Waals surface area contributed by atoms with Crippen LogP contribution >= 0.6 is 23.1 Å². The Hall–Kier alpha value is -1.46. The molecule has 0 fully saturated rings. The lowest BCUT2D eigenvalue weighted by Gasteiger charge is -2.27. The second-order valence-corrected chi connectivity index (χ2v) is 9.99. The number of carbonyl (C=O) groups excluding carboxylic acids is 1. The maximum absolute atomic E-state index is 12.5. The van der Waals surface area contributed by atoms with Gasteiger partial charge in [-0.1, -0.05) is 12.1 Å². The molecule has 0 atom stereocenters. The van der Waals surface area contributed by atoms with E-state index in [0.717, 1.165) is 15.5 Å². The van der Waals surface area contributed by atoms with Crippen LogP contribution in [0.1, 0.15) is 20.9 Å². The van der Waals surface area contributed by atoms with E-state index in [2.05, 4.69) is 10.3 Å². The summed E-state index contributed by atoms with van der Waals surface area (Å²) >= 11 is 2.84. The molecule has 0 radical (unpaired) electrons. The Labute approximate surface area is 161 Å². The van der Waals surface area contributed by atoms with Crippen LogP contribution in [-0.4, -0.2) is 54.8 Å². The lowest BCUT2D eigenvalue weighted by molar-refractivity contribution is 0.102. The first-order valence-electron chi connectivity index (χ1n) is 7.93. The fraction of sp³-hybridized carbons (Fsp3) is 0.375. The standard InChI is InChI=1S/C16H20N4O3S3/c1-19(2)26(22,23)20-9-8-12-14(10-20)25-16(17-12)18-15(21)11-6-4-5-7-13(11)24-3/h4-7H,8-10H2,1-3H3,(H,17,18,21). The lowest BCUT2D eigenvalue weighted by Crippen LogP contribution is -2.42. The summed E-state index contributed by atoms with van der Waals surface area (Å²) in [5.74, 6) is -0.209. The summed E-state index contributed by atoms with van der Waals surface area (Å²) in [5, 5.41) is 3.34. The van der Waals surface area contributed by atoms with Crippen LogP contribution in [0.25, 0.3) is 0 Å². The molecule has 0 spiro atoms. The second kappa shape index (κ2) is 7.65. The highest BCUT2D eigenvalue weighted by molar-refractivity contribution is 7.98. The molecule has 1 aliphatic rings. The van der Waals surface area contributed by atoms with E-state index in [1.807, 2.05) is 24.5 Å². The normalized spacial score (nSPS) is 15.1. The van der Waals surface area contributed by atoms with Gasteiger partial charge in [-0.2, -0.15) is 17.0 Å². The minimum atomic E-state index is -3.45. The van der Waals surface area contributed by atoms with Crippen LogP contribution in [0, 0.1) is 0 Å². The topological polar surface area (TPSA) is 82.6 Å². The van der Waals surface area contributed by atoms with Crippen LogP contribution in [0.2, 0.25) is 0 Å². The molecule has 0 saturated heterocycles. The van der Waals surface area contributed by atoms with Crippen molar-refractivity contribution in [1.29, 1.82) is 0 Å². The summed E-state index contributed by atoms with van der Waals surface area (Å²) in [6.45, 7) is 0.671. The third-order valence-electron chi connectivity index (χ3n) is 4.06. The molecule has 0 saturated carbocycles. The molecule has 1 aliphatic heterocycles. The Morgan fingerprint density at radius 1 is 1.35 bits per heavy atom. The molecule has 2 aromatic rings. The maximum Gasteiger partial charge on any atom is 0.281 e. The summed E-state index contributed by atoms with van der Waals surface area (Å²) in [6, 6.07) is 7.40. The zero-order chi connectivity index (χ0) is 18.9. The molecule has 10 heteroatoms. The van der Waals surface area contributed by atoms with Crippen molar-refractivity contribution in [2.24, 2.45) is 0 Å². The number of nitrogens with zero attached hydrogens (tertiary/aromatic N) is 3. The number of thioether (sulfide) groups is 1. The number of thiazole rings is 1. The van der Waals surface area contributed by atoms with Crippen molar-refractivity contribution < 1.29 is 13.2 Å². The summed E-state index contributed by atoms with van der Waals surface area (Å²) in [7, 11) is -0.413. The van der Waals surface area contributed by atoms with Crippen molar-refractivity contribution in [3.8, 4) is 0 Å². The molecule has 26 heavy (non-hydrogen) atoms. The molecule has 0 bridgehead atoms. The van der Waals surface area contributed by atoms with Gasteiger partial charge in [0, 0.05) is 36.8 Å². The Bertz CT molecular complexity index is 925. The van der Waals surface area contributed by atoms with Crippen molar-refractivity contribution >= 4 is 44.3 Å². The van der Waals surface area contributed by atoms with Gasteiger partial charge in [0.1, 0.15) is 0 Å². The van der Waals surface area contributed by atoms with Gasteiger partial charge in [0.15, 0.2) is 5.13 Å². The number of hydrogen-bond donors (Lipinski definition) is 1. The second-order valence-electron chi connectivity index (χ2n) is 5.92. The van der Waals surface area contributed by atoms with Crippen molar-refractivity contribution in [2.45, 2.75) is 17.9 Å². The monoisotopic (exact) mass is 412 g/mol. The average Bonchev–Trinajstić information content (AvgIpc) is 3.02. The quantitative estimate of drug-likeness (QED) is 0.762. The summed E-state index contributed by atoms with van der Waals surface area (Å²) < 4.78 is 27.2. The highest BCUT2D eigenvalue weighted by Crippen LogP contribution is 2.30. The van der Waals surface area contributed by atoms with Gasteiger partial charge in [0.05, 0.1) is 17.8 Å². The number of hydrogen-bond acceptors (Lipinski definition) is 6.